The standard InChI is InChI=1S/C14H17FN2O3/c1-14(2)7-3-4-12(14)16-13(18)10-8-9(15)5-6-11(10)17(19)20/h5-6,8,12H,3-4,7H2,1-2H3,(H,16,18). The summed E-state index contributed by atoms with van der Waals surface area (Å²) in [4.78, 5) is 22.4. The van der Waals surface area contributed by atoms with Gasteiger partial charge in [0.05, 0.1) is 4.92 Å². The van der Waals surface area contributed by atoms with Crippen LogP contribution in [0.4, 0.5) is 10.1 Å². The van der Waals surface area contributed by atoms with Crippen molar-refractivity contribution in [2.24, 2.45) is 5.41 Å². The van der Waals surface area contributed by atoms with E-state index >= 15 is 0 Å². The topological polar surface area (TPSA) is 72.2 Å². The first-order valence-corrected chi connectivity index (χ1v) is 6.56. The maximum Gasteiger partial charge on any atom is 0.282 e. The smallest absolute Gasteiger partial charge is 0.282 e. The summed E-state index contributed by atoms with van der Waals surface area (Å²) in [5, 5.41) is 13.7. The van der Waals surface area contributed by atoms with Crippen molar-refractivity contribution < 1.29 is 14.1 Å². The van der Waals surface area contributed by atoms with Crippen LogP contribution in [0.5, 0.6) is 0 Å². The Morgan fingerprint density at radius 1 is 1.50 bits per heavy atom. The van der Waals surface area contributed by atoms with Crippen LogP contribution in [-0.2, 0) is 0 Å². The van der Waals surface area contributed by atoms with E-state index in [4.69, 9.17) is 0 Å². The normalized spacial score (nSPS) is 20.6. The minimum Gasteiger partial charge on any atom is -0.349 e. The van der Waals surface area contributed by atoms with Gasteiger partial charge in [0.2, 0.25) is 0 Å². The van der Waals surface area contributed by atoms with Crippen molar-refractivity contribution in [3.8, 4) is 0 Å². The van der Waals surface area contributed by atoms with E-state index in [1.807, 2.05) is 13.8 Å². The van der Waals surface area contributed by atoms with Crippen molar-refractivity contribution in [3.63, 3.8) is 0 Å². The SMILES string of the molecule is CC1(C)CCCC1NC(=O)c1cc(F)ccc1[N+](=O)[O-]. The first kappa shape index (κ1) is 14.4. The molecule has 20 heavy (non-hydrogen) atoms. The second-order valence-corrected chi connectivity index (χ2v) is 5.83. The van der Waals surface area contributed by atoms with Gasteiger partial charge in [-0.1, -0.05) is 20.3 Å². The summed E-state index contributed by atoms with van der Waals surface area (Å²) in [5.41, 5.74) is -0.644. The number of nitrogens with one attached hydrogen (secondary N) is 1. The highest BCUT2D eigenvalue weighted by Gasteiger charge is 2.36. The molecule has 1 atom stereocenters. The Morgan fingerprint density at radius 2 is 2.20 bits per heavy atom. The maximum absolute atomic E-state index is 13.2. The molecule has 1 unspecified atom stereocenters. The van der Waals surface area contributed by atoms with E-state index < -0.39 is 16.6 Å². The second kappa shape index (κ2) is 5.19. The molecule has 1 saturated carbocycles. The molecule has 1 aliphatic carbocycles. The van der Waals surface area contributed by atoms with Crippen LogP contribution in [0.15, 0.2) is 18.2 Å². The molecular formula is C14H17FN2O3. The summed E-state index contributed by atoms with van der Waals surface area (Å²) >= 11 is 0. The number of carbonyl (C=O) groups is 1. The number of rotatable bonds is 3. The third-order valence-electron chi connectivity index (χ3n) is 3.96. The Kier molecular flexibility index (Phi) is 3.74. The van der Waals surface area contributed by atoms with Gasteiger partial charge >= 0.3 is 0 Å². The van der Waals surface area contributed by atoms with Gasteiger partial charge in [0.15, 0.2) is 0 Å². The minimum absolute atomic E-state index is 0.0436. The van der Waals surface area contributed by atoms with E-state index in [9.17, 15) is 19.3 Å². The predicted molar refractivity (Wildman–Crippen MR) is 71.9 cm³/mol. The van der Waals surface area contributed by atoms with Crippen LogP contribution < -0.4 is 5.32 Å². The molecule has 0 heterocycles. The lowest BCUT2D eigenvalue weighted by Gasteiger charge is -2.27. The molecule has 0 radical (unpaired) electrons. The second-order valence-electron chi connectivity index (χ2n) is 5.83. The monoisotopic (exact) mass is 280 g/mol. The van der Waals surface area contributed by atoms with Gasteiger partial charge < -0.3 is 5.32 Å². The van der Waals surface area contributed by atoms with Gasteiger partial charge in [-0.3, -0.25) is 14.9 Å². The molecule has 1 aromatic carbocycles. The highest BCUT2D eigenvalue weighted by molar-refractivity contribution is 5.98. The van der Waals surface area contributed by atoms with Gasteiger partial charge in [-0.05, 0) is 30.4 Å². The first-order chi connectivity index (χ1) is 9.31. The molecule has 0 aliphatic heterocycles. The van der Waals surface area contributed by atoms with Crippen LogP contribution in [0.25, 0.3) is 0 Å². The van der Waals surface area contributed by atoms with Crippen LogP contribution in [0.2, 0.25) is 0 Å². The van der Waals surface area contributed by atoms with Crippen molar-refractivity contribution in [1.29, 1.82) is 0 Å². The van der Waals surface area contributed by atoms with Crippen LogP contribution >= 0.6 is 0 Å². The van der Waals surface area contributed by atoms with Crippen molar-refractivity contribution in [3.05, 3.63) is 39.7 Å². The largest absolute Gasteiger partial charge is 0.349 e. The lowest BCUT2D eigenvalue weighted by atomic mass is 9.87. The Bertz CT molecular complexity index is 557. The molecule has 5 nitrogen and oxygen atoms in total. The number of halogens is 1. The minimum atomic E-state index is -0.672. The van der Waals surface area contributed by atoms with Crippen molar-refractivity contribution in [2.75, 3.05) is 0 Å². The molecule has 0 saturated heterocycles. The van der Waals surface area contributed by atoms with Crippen molar-refractivity contribution in [2.45, 2.75) is 39.2 Å². The quantitative estimate of drug-likeness (QED) is 0.683. The van der Waals surface area contributed by atoms with Crippen LogP contribution in [0.3, 0.4) is 0 Å². The van der Waals surface area contributed by atoms with Crippen LogP contribution in [0.1, 0.15) is 43.5 Å². The third kappa shape index (κ3) is 2.79. The molecule has 1 N–H and O–H groups in total. The molecule has 0 aromatic heterocycles. The molecule has 1 fully saturated rings. The zero-order valence-corrected chi connectivity index (χ0v) is 11.5. The average Bonchev–Trinajstić information content (AvgIpc) is 2.68. The predicted octanol–water partition coefficient (Wildman–Crippen LogP) is 3.04. The van der Waals surface area contributed by atoms with Gasteiger partial charge in [0, 0.05) is 12.1 Å². The fourth-order valence-electron chi connectivity index (χ4n) is 2.68. The van der Waals surface area contributed by atoms with E-state index in [1.165, 1.54) is 0 Å². The van der Waals surface area contributed by atoms with Gasteiger partial charge in [-0.25, -0.2) is 4.39 Å². The Hall–Kier alpha value is -1.98. The van der Waals surface area contributed by atoms with Gasteiger partial charge in [0.25, 0.3) is 11.6 Å². The molecule has 1 amide bonds. The van der Waals surface area contributed by atoms with E-state index in [1.54, 1.807) is 0 Å². The van der Waals surface area contributed by atoms with E-state index in [-0.39, 0.29) is 22.7 Å². The lowest BCUT2D eigenvalue weighted by Crippen LogP contribution is -2.41. The number of amides is 1. The van der Waals surface area contributed by atoms with Gasteiger partial charge in [-0.2, -0.15) is 0 Å². The maximum atomic E-state index is 13.2. The highest BCUT2D eigenvalue weighted by atomic mass is 19.1. The number of hydrogen-bond donors (Lipinski definition) is 1. The summed E-state index contributed by atoms with van der Waals surface area (Å²) < 4.78 is 13.2. The van der Waals surface area contributed by atoms with E-state index in [2.05, 4.69) is 5.32 Å². The molecule has 108 valence electrons. The average molecular weight is 280 g/mol. The molecule has 1 aromatic rings. The van der Waals surface area contributed by atoms with E-state index in [0.29, 0.717) is 0 Å². The summed E-state index contributed by atoms with van der Waals surface area (Å²) in [5.74, 6) is -1.25. The van der Waals surface area contributed by atoms with Crippen molar-refractivity contribution in [1.82, 2.24) is 5.32 Å². The lowest BCUT2D eigenvalue weighted by molar-refractivity contribution is -0.385. The zero-order valence-electron chi connectivity index (χ0n) is 11.5. The molecule has 1 aliphatic rings. The first-order valence-electron chi connectivity index (χ1n) is 6.56. The molecular weight excluding hydrogens is 263 g/mol. The Morgan fingerprint density at radius 3 is 2.75 bits per heavy atom. The fourth-order valence-corrected chi connectivity index (χ4v) is 2.68. The summed E-state index contributed by atoms with van der Waals surface area (Å²) in [6.07, 6.45) is 2.83. The van der Waals surface area contributed by atoms with Crippen LogP contribution in [-0.4, -0.2) is 16.9 Å². The Labute approximate surface area is 116 Å². The number of nitro groups is 1. The van der Waals surface area contributed by atoms with Gasteiger partial charge in [-0.15, -0.1) is 0 Å². The van der Waals surface area contributed by atoms with Crippen molar-refractivity contribution >= 4 is 11.6 Å². The third-order valence-corrected chi connectivity index (χ3v) is 3.96. The number of hydrogen-bond acceptors (Lipinski definition) is 3. The number of nitro benzene ring substituents is 1. The summed E-state index contributed by atoms with van der Waals surface area (Å²) in [6.45, 7) is 4.09. The summed E-state index contributed by atoms with van der Waals surface area (Å²) in [6, 6.07) is 2.87. The molecule has 0 bridgehead atoms. The molecule has 2 rings (SSSR count). The van der Waals surface area contributed by atoms with Gasteiger partial charge in [0.1, 0.15) is 11.4 Å². The van der Waals surface area contributed by atoms with E-state index in [0.717, 1.165) is 37.5 Å². The van der Waals surface area contributed by atoms with Crippen LogP contribution in [0, 0.1) is 21.3 Å². The fraction of sp³-hybridized carbons (Fsp3) is 0.500. The number of nitrogens with zero attached hydrogens (tertiary/aromatic N) is 1. The Balaban J connectivity index is 2.25. The number of benzene rings is 1. The zero-order chi connectivity index (χ0) is 14.9. The number of carbonyl (C=O) groups excluding carboxylic acids is 1. The molecule has 6 heteroatoms. The summed E-state index contributed by atoms with van der Waals surface area (Å²) in [7, 11) is 0. The highest BCUT2D eigenvalue weighted by Crippen LogP contribution is 2.37. The molecule has 0 spiro atoms.